The number of benzene rings is 1. The third kappa shape index (κ3) is 5.52. The molecule has 180 valence electrons. The number of amides is 1. The van der Waals surface area contributed by atoms with Crippen molar-refractivity contribution in [3.63, 3.8) is 0 Å². The van der Waals surface area contributed by atoms with Gasteiger partial charge in [-0.25, -0.2) is 13.2 Å². The highest BCUT2D eigenvalue weighted by Gasteiger charge is 2.34. The van der Waals surface area contributed by atoms with E-state index in [4.69, 9.17) is 21.1 Å². The van der Waals surface area contributed by atoms with Gasteiger partial charge in [-0.05, 0) is 51.0 Å². The summed E-state index contributed by atoms with van der Waals surface area (Å²) in [6.45, 7) is 5.51. The van der Waals surface area contributed by atoms with E-state index < -0.39 is 28.3 Å². The summed E-state index contributed by atoms with van der Waals surface area (Å²) in [7, 11) is -1.58. The number of halogens is 1. The fourth-order valence-corrected chi connectivity index (χ4v) is 6.14. The molecular formula is C23H29ClN2O6S. The molecule has 1 aromatic heterocycles. The number of nitrogens with zero attached hydrogens (tertiary/aromatic N) is 2. The summed E-state index contributed by atoms with van der Waals surface area (Å²) >= 11 is 6.17. The lowest BCUT2D eigenvalue weighted by atomic mass is 10.2. The number of rotatable bonds is 8. The molecule has 1 fully saturated rings. The molecule has 0 aliphatic carbocycles. The molecule has 0 saturated carbocycles. The van der Waals surface area contributed by atoms with E-state index in [2.05, 4.69) is 0 Å². The van der Waals surface area contributed by atoms with Crippen LogP contribution in [0.4, 0.5) is 0 Å². The summed E-state index contributed by atoms with van der Waals surface area (Å²) in [6, 6.07) is 6.53. The quantitative estimate of drug-likeness (QED) is 0.520. The third-order valence-electron chi connectivity index (χ3n) is 5.79. The second-order valence-electron chi connectivity index (χ2n) is 8.16. The largest absolute Gasteiger partial charge is 0.495 e. The first-order valence-corrected chi connectivity index (χ1v) is 13.0. The number of esters is 1. The van der Waals surface area contributed by atoms with Crippen LogP contribution >= 0.6 is 11.6 Å². The summed E-state index contributed by atoms with van der Waals surface area (Å²) in [4.78, 5) is 27.1. The highest BCUT2D eigenvalue weighted by molar-refractivity contribution is 7.91. The van der Waals surface area contributed by atoms with E-state index in [1.165, 1.54) is 4.90 Å². The van der Waals surface area contributed by atoms with Crippen molar-refractivity contribution in [2.75, 3.05) is 31.8 Å². The average molecular weight is 497 g/mol. The molecule has 1 aromatic carbocycles. The molecule has 1 saturated heterocycles. The topological polar surface area (TPSA) is 94.9 Å². The number of hydrogen-bond acceptors (Lipinski definition) is 6. The van der Waals surface area contributed by atoms with Crippen LogP contribution in [-0.4, -0.2) is 67.6 Å². The predicted molar refractivity (Wildman–Crippen MR) is 126 cm³/mol. The van der Waals surface area contributed by atoms with Crippen LogP contribution in [-0.2, 0) is 19.4 Å². The summed E-state index contributed by atoms with van der Waals surface area (Å²) in [6.07, 6.45) is 1.09. The van der Waals surface area contributed by atoms with Gasteiger partial charge in [-0.3, -0.25) is 4.79 Å². The van der Waals surface area contributed by atoms with E-state index in [0.717, 1.165) is 5.69 Å². The van der Waals surface area contributed by atoms with Gasteiger partial charge in [0.2, 0.25) is 0 Å². The SMILES string of the molecule is CCCN(C(=O)COC(=O)c1cc(C)n(-c2cc(Cl)ccc2OC)c1C)C1CCS(=O)(=O)C1. The Balaban J connectivity index is 1.77. The molecule has 2 aromatic rings. The van der Waals surface area contributed by atoms with Gasteiger partial charge in [-0.15, -0.1) is 0 Å². The molecule has 0 spiro atoms. The lowest BCUT2D eigenvalue weighted by Crippen LogP contribution is -2.43. The molecule has 2 heterocycles. The molecule has 33 heavy (non-hydrogen) atoms. The Labute approximate surface area is 199 Å². The normalized spacial score (nSPS) is 17.1. The monoisotopic (exact) mass is 496 g/mol. The number of hydrogen-bond donors (Lipinski definition) is 0. The Hall–Kier alpha value is -2.52. The van der Waals surface area contributed by atoms with Crippen molar-refractivity contribution in [3.8, 4) is 11.4 Å². The number of sulfone groups is 1. The molecule has 1 unspecified atom stereocenters. The first-order chi connectivity index (χ1) is 15.6. The number of aryl methyl sites for hydroxylation is 1. The number of aromatic nitrogens is 1. The molecule has 1 amide bonds. The predicted octanol–water partition coefficient (Wildman–Crippen LogP) is 3.34. The minimum atomic E-state index is -3.13. The molecule has 1 aliphatic rings. The van der Waals surface area contributed by atoms with Gasteiger partial charge in [0.05, 0.1) is 29.9 Å². The van der Waals surface area contributed by atoms with E-state index in [0.29, 0.717) is 47.1 Å². The average Bonchev–Trinajstić information content (AvgIpc) is 3.27. The fraction of sp³-hybridized carbons (Fsp3) is 0.478. The fourth-order valence-electron chi connectivity index (χ4n) is 4.24. The van der Waals surface area contributed by atoms with E-state index in [9.17, 15) is 18.0 Å². The second kappa shape index (κ2) is 10.2. The van der Waals surface area contributed by atoms with Gasteiger partial charge in [0.15, 0.2) is 16.4 Å². The number of ether oxygens (including phenoxy) is 2. The zero-order chi connectivity index (χ0) is 24.3. The zero-order valence-electron chi connectivity index (χ0n) is 19.3. The van der Waals surface area contributed by atoms with Crippen LogP contribution in [0.25, 0.3) is 5.69 Å². The standard InChI is InChI=1S/C23H29ClN2O6S/c1-5-9-25(18-8-10-33(29,30)14-18)22(27)13-32-23(28)19-11-15(2)26(16(19)3)20-12-17(24)6-7-21(20)31-4/h6-7,11-12,18H,5,8-10,13-14H2,1-4H3. The first-order valence-electron chi connectivity index (χ1n) is 10.8. The van der Waals surface area contributed by atoms with E-state index in [1.807, 2.05) is 18.4 Å². The van der Waals surface area contributed by atoms with Crippen LogP contribution in [0, 0.1) is 13.8 Å². The third-order valence-corrected chi connectivity index (χ3v) is 7.78. The van der Waals surface area contributed by atoms with Gasteiger partial charge in [0, 0.05) is 29.0 Å². The lowest BCUT2D eigenvalue weighted by molar-refractivity contribution is -0.136. The molecule has 10 heteroatoms. The number of methoxy groups -OCH3 is 1. The maximum absolute atomic E-state index is 12.8. The van der Waals surface area contributed by atoms with Crippen LogP contribution in [0.5, 0.6) is 5.75 Å². The van der Waals surface area contributed by atoms with Crippen LogP contribution in [0.1, 0.15) is 41.5 Å². The highest BCUT2D eigenvalue weighted by Crippen LogP contribution is 2.31. The first kappa shape index (κ1) is 25.1. The molecule has 3 rings (SSSR count). The van der Waals surface area contributed by atoms with Gasteiger partial charge >= 0.3 is 5.97 Å². The Morgan fingerprint density at radius 3 is 2.58 bits per heavy atom. The van der Waals surface area contributed by atoms with Gasteiger partial charge < -0.3 is 18.9 Å². The summed E-state index contributed by atoms with van der Waals surface area (Å²) in [5.74, 6) is -0.394. The van der Waals surface area contributed by atoms with Crippen molar-refractivity contribution in [1.29, 1.82) is 0 Å². The summed E-state index contributed by atoms with van der Waals surface area (Å²) in [5.41, 5.74) is 2.41. The molecule has 8 nitrogen and oxygen atoms in total. The molecule has 0 bridgehead atoms. The number of carbonyl (C=O) groups is 2. The lowest BCUT2D eigenvalue weighted by Gasteiger charge is -2.27. The second-order valence-corrected chi connectivity index (χ2v) is 10.8. The minimum Gasteiger partial charge on any atom is -0.495 e. The highest BCUT2D eigenvalue weighted by atomic mass is 35.5. The van der Waals surface area contributed by atoms with Gasteiger partial charge in [-0.2, -0.15) is 0 Å². The van der Waals surface area contributed by atoms with Crippen molar-refractivity contribution in [2.24, 2.45) is 0 Å². The van der Waals surface area contributed by atoms with Crippen LogP contribution in [0.3, 0.4) is 0 Å². The van der Waals surface area contributed by atoms with Crippen LogP contribution in [0.2, 0.25) is 5.02 Å². The molecule has 1 atom stereocenters. The minimum absolute atomic E-state index is 0.0463. The van der Waals surface area contributed by atoms with E-state index in [-0.39, 0.29) is 17.5 Å². The molecule has 1 aliphatic heterocycles. The molecule has 0 N–H and O–H groups in total. The zero-order valence-corrected chi connectivity index (χ0v) is 20.8. The Morgan fingerprint density at radius 1 is 1.24 bits per heavy atom. The van der Waals surface area contributed by atoms with Gasteiger partial charge in [0.1, 0.15) is 5.75 Å². The molecule has 0 radical (unpaired) electrons. The van der Waals surface area contributed by atoms with Crippen molar-refractivity contribution in [3.05, 3.63) is 46.2 Å². The summed E-state index contributed by atoms with van der Waals surface area (Å²) < 4.78 is 36.3. The smallest absolute Gasteiger partial charge is 0.340 e. The van der Waals surface area contributed by atoms with Crippen LogP contribution < -0.4 is 4.74 Å². The maximum Gasteiger partial charge on any atom is 0.340 e. The van der Waals surface area contributed by atoms with Crippen molar-refractivity contribution in [2.45, 2.75) is 39.7 Å². The summed E-state index contributed by atoms with van der Waals surface area (Å²) in [5, 5.41) is 0.526. The van der Waals surface area contributed by atoms with Crippen molar-refractivity contribution < 1.29 is 27.5 Å². The Kier molecular flexibility index (Phi) is 7.74. The van der Waals surface area contributed by atoms with Crippen LogP contribution in [0.15, 0.2) is 24.3 Å². The Morgan fingerprint density at radius 2 is 1.97 bits per heavy atom. The van der Waals surface area contributed by atoms with Crippen molar-refractivity contribution in [1.82, 2.24) is 9.47 Å². The molecular weight excluding hydrogens is 468 g/mol. The Bertz CT molecular complexity index is 1160. The number of carbonyl (C=O) groups excluding carboxylic acids is 2. The van der Waals surface area contributed by atoms with E-state index >= 15 is 0 Å². The van der Waals surface area contributed by atoms with E-state index in [1.54, 1.807) is 38.3 Å². The van der Waals surface area contributed by atoms with Gasteiger partial charge in [0.25, 0.3) is 5.91 Å². The van der Waals surface area contributed by atoms with Gasteiger partial charge in [-0.1, -0.05) is 18.5 Å². The van der Waals surface area contributed by atoms with Crippen molar-refractivity contribution >= 4 is 33.3 Å². The maximum atomic E-state index is 12.8.